The van der Waals surface area contributed by atoms with Gasteiger partial charge in [0, 0.05) is 11.3 Å². The van der Waals surface area contributed by atoms with Gasteiger partial charge >= 0.3 is 0 Å². The van der Waals surface area contributed by atoms with E-state index in [1.54, 1.807) is 24.3 Å². The van der Waals surface area contributed by atoms with Gasteiger partial charge in [0.15, 0.2) is 0 Å². The molecule has 4 nitrogen and oxygen atoms in total. The van der Waals surface area contributed by atoms with Crippen LogP contribution in [-0.2, 0) is 0 Å². The molecule has 0 atom stereocenters. The fourth-order valence-corrected chi connectivity index (χ4v) is 2.39. The van der Waals surface area contributed by atoms with Gasteiger partial charge in [-0.05, 0) is 17.7 Å². The zero-order valence-corrected chi connectivity index (χ0v) is 13.5. The zero-order valence-electron chi connectivity index (χ0n) is 12.6. The summed E-state index contributed by atoms with van der Waals surface area (Å²) in [4.78, 5) is 0. The van der Waals surface area contributed by atoms with Crippen LogP contribution in [0.3, 0.4) is 0 Å². The second-order valence-electron chi connectivity index (χ2n) is 4.67. The molecule has 0 radical (unpaired) electrons. The van der Waals surface area contributed by atoms with Gasteiger partial charge in [-0.3, -0.25) is 0 Å². The molecule has 0 aliphatic carbocycles. The van der Waals surface area contributed by atoms with Crippen molar-refractivity contribution in [1.82, 2.24) is 0 Å². The second kappa shape index (κ2) is 8.25. The lowest BCUT2D eigenvalue weighted by Crippen LogP contribution is -2.01. The first-order valence-electron chi connectivity index (χ1n) is 6.97. The first kappa shape index (κ1) is 16.9. The Kier molecular flexibility index (Phi) is 5.81. The predicted molar refractivity (Wildman–Crippen MR) is 96.3 cm³/mol. The van der Waals surface area contributed by atoms with E-state index < -0.39 is 0 Å². The number of para-hydroxylation sites is 1. The van der Waals surface area contributed by atoms with E-state index in [0.29, 0.717) is 5.56 Å². The molecule has 114 valence electrons. The van der Waals surface area contributed by atoms with Crippen molar-refractivity contribution in [3.63, 3.8) is 0 Å². The van der Waals surface area contributed by atoms with Gasteiger partial charge in [0.25, 0.3) is 0 Å². The molecule has 0 saturated heterocycles. The Morgan fingerprint density at radius 2 is 1.33 bits per heavy atom. The minimum atomic E-state index is -0.140. The smallest absolute Gasteiger partial charge is 0.138 e. The van der Waals surface area contributed by atoms with Gasteiger partial charge in [0.1, 0.15) is 23.8 Å². The Labute approximate surface area is 146 Å². The van der Waals surface area contributed by atoms with E-state index in [9.17, 15) is 15.8 Å². The summed E-state index contributed by atoms with van der Waals surface area (Å²) in [5, 5.41) is 31.4. The normalized spacial score (nSPS) is 10.4. The van der Waals surface area contributed by atoms with Gasteiger partial charge < -0.3 is 5.32 Å². The first-order chi connectivity index (χ1) is 11.7. The minimum absolute atomic E-state index is 0.131. The maximum absolute atomic E-state index is 9.60. The van der Waals surface area contributed by atoms with Crippen LogP contribution in [0.15, 0.2) is 76.8 Å². The Morgan fingerprint density at radius 3 is 1.83 bits per heavy atom. The molecule has 0 aliphatic heterocycles. The van der Waals surface area contributed by atoms with E-state index in [2.05, 4.69) is 24.0 Å². The van der Waals surface area contributed by atoms with Crippen molar-refractivity contribution in [3.8, 4) is 18.2 Å². The third kappa shape index (κ3) is 3.84. The topological polar surface area (TPSA) is 83.4 Å². The van der Waals surface area contributed by atoms with Crippen LogP contribution in [0.4, 0.5) is 5.69 Å². The van der Waals surface area contributed by atoms with Gasteiger partial charge in [-0.1, -0.05) is 48.5 Å². The SMILES string of the molecule is N#CC(C#N)=C(/C(C#N)=C(\S)Nc1ccccc1)c1ccccc1. The first-order valence-corrected chi connectivity index (χ1v) is 7.41. The molecule has 0 fully saturated rings. The lowest BCUT2D eigenvalue weighted by atomic mass is 9.94. The van der Waals surface area contributed by atoms with Gasteiger partial charge in [0.2, 0.25) is 0 Å². The van der Waals surface area contributed by atoms with Crippen molar-refractivity contribution < 1.29 is 0 Å². The molecule has 0 aliphatic rings. The summed E-state index contributed by atoms with van der Waals surface area (Å²) in [5.41, 5.74) is 1.61. The molecule has 1 N–H and O–H groups in total. The van der Waals surface area contributed by atoms with Crippen molar-refractivity contribution in [2.24, 2.45) is 0 Å². The maximum atomic E-state index is 9.60. The highest BCUT2D eigenvalue weighted by Gasteiger charge is 2.17. The molecule has 0 saturated carbocycles. The Balaban J connectivity index is 2.62. The van der Waals surface area contributed by atoms with Crippen molar-refractivity contribution in [1.29, 1.82) is 15.8 Å². The number of rotatable bonds is 4. The molecule has 0 unspecified atom stereocenters. The van der Waals surface area contributed by atoms with Crippen LogP contribution in [0.1, 0.15) is 5.56 Å². The third-order valence-electron chi connectivity index (χ3n) is 3.17. The Morgan fingerprint density at radius 1 is 0.792 bits per heavy atom. The quantitative estimate of drug-likeness (QED) is 0.499. The number of thiol groups is 1. The van der Waals surface area contributed by atoms with Crippen LogP contribution in [0.2, 0.25) is 0 Å². The monoisotopic (exact) mass is 328 g/mol. The van der Waals surface area contributed by atoms with Gasteiger partial charge in [-0.2, -0.15) is 15.8 Å². The highest BCUT2D eigenvalue weighted by atomic mass is 32.1. The van der Waals surface area contributed by atoms with Crippen molar-refractivity contribution in [3.05, 3.63) is 82.4 Å². The van der Waals surface area contributed by atoms with E-state index in [1.807, 2.05) is 48.5 Å². The zero-order chi connectivity index (χ0) is 17.4. The molecule has 0 bridgehead atoms. The molecule has 0 spiro atoms. The number of nitrogens with zero attached hydrogens (tertiary/aromatic N) is 3. The second-order valence-corrected chi connectivity index (χ2v) is 5.11. The van der Waals surface area contributed by atoms with Crippen LogP contribution >= 0.6 is 12.6 Å². The Hall–Kier alpha value is -3.46. The molecule has 0 heterocycles. The molecular weight excluding hydrogens is 316 g/mol. The van der Waals surface area contributed by atoms with E-state index in [0.717, 1.165) is 5.69 Å². The largest absolute Gasteiger partial charge is 0.349 e. The number of hydrogen-bond donors (Lipinski definition) is 2. The third-order valence-corrected chi connectivity index (χ3v) is 3.51. The van der Waals surface area contributed by atoms with Gasteiger partial charge in [0.05, 0.1) is 10.6 Å². The highest BCUT2D eigenvalue weighted by Crippen LogP contribution is 2.30. The summed E-state index contributed by atoms with van der Waals surface area (Å²) < 4.78 is 0. The van der Waals surface area contributed by atoms with Crippen LogP contribution < -0.4 is 5.32 Å². The summed E-state index contributed by atoms with van der Waals surface area (Å²) in [5.74, 6) is 0. The molecule has 2 aromatic rings. The molecule has 2 rings (SSSR count). The van der Waals surface area contributed by atoms with Gasteiger partial charge in [-0.25, -0.2) is 0 Å². The van der Waals surface area contributed by atoms with Crippen LogP contribution in [0.25, 0.3) is 5.57 Å². The summed E-state index contributed by atoms with van der Waals surface area (Å²) in [6.07, 6.45) is 0. The molecule has 0 aromatic heterocycles. The summed E-state index contributed by atoms with van der Waals surface area (Å²) >= 11 is 4.37. The fourth-order valence-electron chi connectivity index (χ4n) is 2.10. The summed E-state index contributed by atoms with van der Waals surface area (Å²) in [6, 6.07) is 23.8. The number of nitrogens with one attached hydrogen (secondary N) is 1. The van der Waals surface area contributed by atoms with E-state index >= 15 is 0 Å². The summed E-state index contributed by atoms with van der Waals surface area (Å²) in [6.45, 7) is 0. The molecule has 5 heteroatoms. The highest BCUT2D eigenvalue weighted by molar-refractivity contribution is 7.84. The predicted octanol–water partition coefficient (Wildman–Crippen LogP) is 4.26. The number of benzene rings is 2. The summed E-state index contributed by atoms with van der Waals surface area (Å²) in [7, 11) is 0. The molecule has 24 heavy (non-hydrogen) atoms. The van der Waals surface area contributed by atoms with Crippen molar-refractivity contribution >= 4 is 23.9 Å². The van der Waals surface area contributed by atoms with Crippen molar-refractivity contribution in [2.75, 3.05) is 5.32 Å². The number of anilines is 1. The lowest BCUT2D eigenvalue weighted by Gasteiger charge is -2.12. The van der Waals surface area contributed by atoms with Crippen LogP contribution in [0, 0.1) is 34.0 Å². The number of hydrogen-bond acceptors (Lipinski definition) is 5. The van der Waals surface area contributed by atoms with Gasteiger partial charge in [-0.15, -0.1) is 12.6 Å². The molecule has 0 amide bonds. The number of allylic oxidation sites excluding steroid dienone is 3. The maximum Gasteiger partial charge on any atom is 0.138 e. The average Bonchev–Trinajstić information content (AvgIpc) is 2.63. The van der Waals surface area contributed by atoms with E-state index in [-0.39, 0.29) is 21.7 Å². The minimum Gasteiger partial charge on any atom is -0.349 e. The standard InChI is InChI=1S/C19H12N4S/c20-11-15(12-21)18(14-7-3-1-4-8-14)17(13-22)19(24)23-16-9-5-2-6-10-16/h1-10,23-24H/b19-17-. The van der Waals surface area contributed by atoms with E-state index in [4.69, 9.17) is 0 Å². The fraction of sp³-hybridized carbons (Fsp3) is 0. The average molecular weight is 328 g/mol. The molecule has 2 aromatic carbocycles. The lowest BCUT2D eigenvalue weighted by molar-refractivity contribution is 1.42. The van der Waals surface area contributed by atoms with Crippen LogP contribution in [-0.4, -0.2) is 0 Å². The van der Waals surface area contributed by atoms with E-state index in [1.165, 1.54) is 0 Å². The Bertz CT molecular complexity index is 892. The van der Waals surface area contributed by atoms with Crippen LogP contribution in [0.5, 0.6) is 0 Å². The molecular formula is C19H12N4S. The van der Waals surface area contributed by atoms with Crippen molar-refractivity contribution in [2.45, 2.75) is 0 Å². The number of nitriles is 3.